The first-order valence-electron chi connectivity index (χ1n) is 6.14. The summed E-state index contributed by atoms with van der Waals surface area (Å²) in [7, 11) is 0. The van der Waals surface area contributed by atoms with Gasteiger partial charge in [-0.15, -0.1) is 0 Å². The number of carbonyl (C=O) groups excluding carboxylic acids is 2. The molecular weight excluding hydrogens is 262 g/mol. The van der Waals surface area contributed by atoms with Gasteiger partial charge >= 0.3 is 5.97 Å². The van der Waals surface area contributed by atoms with Crippen LogP contribution in [-0.4, -0.2) is 42.0 Å². The van der Waals surface area contributed by atoms with Gasteiger partial charge in [-0.3, -0.25) is 14.5 Å². The van der Waals surface area contributed by atoms with E-state index in [1.54, 1.807) is 24.3 Å². The van der Waals surface area contributed by atoms with Gasteiger partial charge in [0.05, 0.1) is 13.1 Å². The van der Waals surface area contributed by atoms with Gasteiger partial charge in [0.1, 0.15) is 6.04 Å². The van der Waals surface area contributed by atoms with E-state index in [9.17, 15) is 19.5 Å². The molecule has 4 N–H and O–H groups in total. The van der Waals surface area contributed by atoms with Crippen molar-refractivity contribution < 1.29 is 19.5 Å². The first-order valence-corrected chi connectivity index (χ1v) is 6.14. The highest BCUT2D eigenvalue weighted by Crippen LogP contribution is 2.32. The number of hydrogen-bond acceptors (Lipinski definition) is 4. The van der Waals surface area contributed by atoms with Crippen LogP contribution in [0, 0.1) is 0 Å². The van der Waals surface area contributed by atoms with Crippen LogP contribution in [0.25, 0.3) is 0 Å². The van der Waals surface area contributed by atoms with Gasteiger partial charge in [0.25, 0.3) is 0 Å². The highest BCUT2D eigenvalue weighted by molar-refractivity contribution is 6.03. The number of nitrogens with one attached hydrogen (secondary N) is 1. The number of aliphatic carboxylic acids is 1. The van der Waals surface area contributed by atoms with Crippen molar-refractivity contribution in [3.8, 4) is 0 Å². The molecule has 1 unspecified atom stereocenters. The zero-order chi connectivity index (χ0) is 14.7. The Labute approximate surface area is 115 Å². The lowest BCUT2D eigenvalue weighted by Crippen LogP contribution is -2.48. The number of hydrogen-bond donors (Lipinski definition) is 3. The minimum atomic E-state index is -1.07. The number of amides is 2. The third kappa shape index (κ3) is 2.62. The molecule has 0 aromatic heterocycles. The number of carboxylic acids is 1. The highest BCUT2D eigenvalue weighted by Gasteiger charge is 2.37. The lowest BCUT2D eigenvalue weighted by Gasteiger charge is -2.22. The Kier molecular flexibility index (Phi) is 3.99. The molecule has 0 fully saturated rings. The molecule has 0 aliphatic carbocycles. The van der Waals surface area contributed by atoms with Crippen molar-refractivity contribution in [2.75, 3.05) is 18.0 Å². The second-order valence-corrected chi connectivity index (χ2v) is 4.43. The molecule has 20 heavy (non-hydrogen) atoms. The minimum absolute atomic E-state index is 0.216. The van der Waals surface area contributed by atoms with Crippen LogP contribution in [0.15, 0.2) is 24.3 Å². The Balaban J connectivity index is 2.20. The number of nitrogens with zero attached hydrogens (tertiary/aromatic N) is 1. The fourth-order valence-electron chi connectivity index (χ4n) is 2.22. The molecule has 1 atom stereocenters. The number of para-hydroxylation sites is 1. The van der Waals surface area contributed by atoms with E-state index in [1.807, 2.05) is 0 Å². The van der Waals surface area contributed by atoms with Crippen molar-refractivity contribution in [1.29, 1.82) is 0 Å². The third-order valence-electron chi connectivity index (χ3n) is 3.15. The van der Waals surface area contributed by atoms with E-state index in [4.69, 9.17) is 5.73 Å². The summed E-state index contributed by atoms with van der Waals surface area (Å²) in [6.45, 7) is -0.486. The minimum Gasteiger partial charge on any atom is -0.480 e. The highest BCUT2D eigenvalue weighted by atomic mass is 16.4. The largest absolute Gasteiger partial charge is 0.480 e. The zero-order valence-corrected chi connectivity index (χ0v) is 10.7. The topological polar surface area (TPSA) is 113 Å². The Morgan fingerprint density at radius 1 is 1.35 bits per heavy atom. The van der Waals surface area contributed by atoms with Gasteiger partial charge in [0, 0.05) is 12.1 Å². The van der Waals surface area contributed by atoms with E-state index in [1.165, 1.54) is 4.90 Å². The smallest absolute Gasteiger partial charge is 0.327 e. The average Bonchev–Trinajstić information content (AvgIpc) is 2.84. The fraction of sp³-hybridized carbons (Fsp3) is 0.308. The average molecular weight is 277 g/mol. The Hall–Kier alpha value is -2.41. The van der Waals surface area contributed by atoms with Gasteiger partial charge in [0.2, 0.25) is 11.8 Å². The van der Waals surface area contributed by atoms with E-state index in [-0.39, 0.29) is 19.5 Å². The quantitative estimate of drug-likeness (QED) is 0.660. The van der Waals surface area contributed by atoms with Gasteiger partial charge in [-0.2, -0.15) is 0 Å². The Morgan fingerprint density at radius 3 is 2.70 bits per heavy atom. The number of benzene rings is 1. The van der Waals surface area contributed by atoms with Gasteiger partial charge in [-0.05, 0) is 11.6 Å². The number of anilines is 1. The predicted molar refractivity (Wildman–Crippen MR) is 71.1 cm³/mol. The molecule has 106 valence electrons. The van der Waals surface area contributed by atoms with Gasteiger partial charge in [0.15, 0.2) is 0 Å². The van der Waals surface area contributed by atoms with Gasteiger partial charge < -0.3 is 16.2 Å². The maximum absolute atomic E-state index is 12.2. The number of carbonyl (C=O) groups is 3. The van der Waals surface area contributed by atoms with Crippen LogP contribution in [0.5, 0.6) is 0 Å². The Bertz CT molecular complexity index is 558. The van der Waals surface area contributed by atoms with Crippen molar-refractivity contribution in [2.24, 2.45) is 5.73 Å². The standard InChI is InChI=1S/C13H15N3O4/c14-6-11(17)15-7-12(18)16-9-4-2-1-3-8(9)5-10(16)13(19)20/h1-4,10H,5-7,14H2,(H,15,17)(H,19,20). The van der Waals surface area contributed by atoms with E-state index in [2.05, 4.69) is 5.32 Å². The fourth-order valence-corrected chi connectivity index (χ4v) is 2.22. The normalized spacial score (nSPS) is 16.6. The molecule has 0 radical (unpaired) electrons. The van der Waals surface area contributed by atoms with Crippen molar-refractivity contribution in [1.82, 2.24) is 5.32 Å². The van der Waals surface area contributed by atoms with E-state index >= 15 is 0 Å². The van der Waals surface area contributed by atoms with Crippen molar-refractivity contribution >= 4 is 23.5 Å². The van der Waals surface area contributed by atoms with Crippen LogP contribution < -0.4 is 16.0 Å². The maximum atomic E-state index is 12.2. The number of fused-ring (bicyclic) bond motifs is 1. The molecule has 0 spiro atoms. The maximum Gasteiger partial charge on any atom is 0.327 e. The molecule has 0 saturated carbocycles. The summed E-state index contributed by atoms with van der Waals surface area (Å²) < 4.78 is 0. The molecule has 0 bridgehead atoms. The Morgan fingerprint density at radius 2 is 2.05 bits per heavy atom. The van der Waals surface area contributed by atoms with Crippen molar-refractivity contribution in [3.05, 3.63) is 29.8 Å². The zero-order valence-electron chi connectivity index (χ0n) is 10.7. The summed E-state index contributed by atoms with van der Waals surface area (Å²) in [5.74, 6) is -2.00. The summed E-state index contributed by atoms with van der Waals surface area (Å²) in [6.07, 6.45) is 0.266. The van der Waals surface area contributed by atoms with Crippen LogP contribution in [0.1, 0.15) is 5.56 Å². The van der Waals surface area contributed by atoms with Gasteiger partial charge in [-0.1, -0.05) is 18.2 Å². The van der Waals surface area contributed by atoms with Crippen LogP contribution in [0.2, 0.25) is 0 Å². The SMILES string of the molecule is NCC(=O)NCC(=O)N1c2ccccc2CC1C(=O)O. The van der Waals surface area contributed by atoms with Crippen LogP contribution >= 0.6 is 0 Å². The molecule has 1 heterocycles. The number of nitrogens with two attached hydrogens (primary N) is 1. The lowest BCUT2D eigenvalue weighted by atomic mass is 10.1. The van der Waals surface area contributed by atoms with Crippen LogP contribution in [-0.2, 0) is 20.8 Å². The molecule has 1 aliphatic rings. The summed E-state index contributed by atoms with van der Waals surface area (Å²) in [4.78, 5) is 35.7. The lowest BCUT2D eigenvalue weighted by molar-refractivity contribution is -0.139. The predicted octanol–water partition coefficient (Wildman–Crippen LogP) is -0.896. The van der Waals surface area contributed by atoms with Crippen LogP contribution in [0.4, 0.5) is 5.69 Å². The van der Waals surface area contributed by atoms with Gasteiger partial charge in [-0.25, -0.2) is 4.79 Å². The second-order valence-electron chi connectivity index (χ2n) is 4.43. The van der Waals surface area contributed by atoms with E-state index < -0.39 is 23.8 Å². The summed E-state index contributed by atoms with van der Waals surface area (Å²) in [6, 6.07) is 6.08. The molecule has 7 heteroatoms. The third-order valence-corrected chi connectivity index (χ3v) is 3.15. The van der Waals surface area contributed by atoms with Crippen LogP contribution in [0.3, 0.4) is 0 Å². The summed E-state index contributed by atoms with van der Waals surface area (Å²) in [5, 5.41) is 11.6. The number of carboxylic acid groups (broad SMARTS) is 1. The monoisotopic (exact) mass is 277 g/mol. The molecule has 2 amide bonds. The molecule has 1 aliphatic heterocycles. The molecule has 2 rings (SSSR count). The van der Waals surface area contributed by atoms with Crippen molar-refractivity contribution in [2.45, 2.75) is 12.5 Å². The summed E-state index contributed by atoms with van der Waals surface area (Å²) in [5.41, 5.74) is 6.51. The van der Waals surface area contributed by atoms with Crippen molar-refractivity contribution in [3.63, 3.8) is 0 Å². The van der Waals surface area contributed by atoms with E-state index in [0.29, 0.717) is 5.69 Å². The summed E-state index contributed by atoms with van der Waals surface area (Å²) >= 11 is 0. The number of rotatable bonds is 4. The molecule has 0 saturated heterocycles. The molecular formula is C13H15N3O4. The molecule has 1 aromatic rings. The van der Waals surface area contributed by atoms with E-state index in [0.717, 1.165) is 5.56 Å². The first kappa shape index (κ1) is 14.0. The molecule has 7 nitrogen and oxygen atoms in total. The first-order chi connectivity index (χ1) is 9.54. The molecule has 1 aromatic carbocycles. The second kappa shape index (κ2) is 5.70.